The van der Waals surface area contributed by atoms with Crippen molar-refractivity contribution in [1.82, 2.24) is 4.90 Å². The zero-order valence-corrected chi connectivity index (χ0v) is 34.6. The summed E-state index contributed by atoms with van der Waals surface area (Å²) in [6.07, 6.45) is 7.76. The molecule has 7 rings (SSSR count). The number of nitro benzene ring substituents is 1. The van der Waals surface area contributed by atoms with Gasteiger partial charge < -0.3 is 34.4 Å². The molecule has 1 heterocycles. The number of ether oxygens (including phenoxy) is 3. The molecule has 61 heavy (non-hydrogen) atoms. The van der Waals surface area contributed by atoms with E-state index in [0.29, 0.717) is 29.9 Å². The van der Waals surface area contributed by atoms with E-state index in [1.807, 2.05) is 42.5 Å². The van der Waals surface area contributed by atoms with Crippen LogP contribution in [0.3, 0.4) is 0 Å². The second-order valence-corrected chi connectivity index (χ2v) is 16.0. The Morgan fingerprint density at radius 3 is 2.51 bits per heavy atom. The van der Waals surface area contributed by atoms with Crippen LogP contribution in [0.2, 0.25) is 0 Å². The minimum absolute atomic E-state index is 0.000150. The summed E-state index contributed by atoms with van der Waals surface area (Å²) >= 11 is 0. The number of aromatic hydroxyl groups is 1. The summed E-state index contributed by atoms with van der Waals surface area (Å²) in [5, 5.41) is 49.0. The maximum Gasteiger partial charge on any atom is 0.410 e. The van der Waals surface area contributed by atoms with E-state index < -0.39 is 28.8 Å². The number of carbonyl (C=O) groups excluding carboxylic acids is 1. The maximum absolute atomic E-state index is 14.6. The summed E-state index contributed by atoms with van der Waals surface area (Å²) in [5.74, 6) is -1.83. The van der Waals surface area contributed by atoms with E-state index in [0.717, 1.165) is 53.2 Å². The Hall–Kier alpha value is -5.76. The summed E-state index contributed by atoms with van der Waals surface area (Å²) in [7, 11) is 0. The molecular weight excluding hydrogens is 779 g/mol. The van der Waals surface area contributed by atoms with Crippen molar-refractivity contribution in [2.75, 3.05) is 26.4 Å². The molecule has 3 aliphatic rings. The molecule has 0 aromatic heterocycles. The van der Waals surface area contributed by atoms with E-state index in [4.69, 9.17) is 24.2 Å². The first-order valence-corrected chi connectivity index (χ1v) is 21.3. The average molecular weight is 834 g/mol. The van der Waals surface area contributed by atoms with Crippen molar-refractivity contribution in [3.05, 3.63) is 136 Å². The van der Waals surface area contributed by atoms with Crippen LogP contribution in [0.1, 0.15) is 74.5 Å². The van der Waals surface area contributed by atoms with Gasteiger partial charge in [0.25, 0.3) is 5.69 Å². The number of non-ortho nitro benzene ring substituents is 1. The molecule has 13 heteroatoms. The molecule has 6 unspecified atom stereocenters. The first kappa shape index (κ1) is 43.3. The molecule has 0 radical (unpaired) electrons. The number of unbranched alkanes of at least 4 members (excludes halogenated alkanes) is 2. The number of carbonyl (C=O) groups is 1. The number of nitro groups is 1. The number of hydrogen-bond acceptors (Lipinski definition) is 11. The Bertz CT molecular complexity index is 2240. The number of hydrogen-bond donors (Lipinski definition) is 3. The van der Waals surface area contributed by atoms with E-state index in [1.165, 1.54) is 12.1 Å². The third-order valence-electron chi connectivity index (χ3n) is 12.3. The Balaban J connectivity index is 1.44. The first-order valence-electron chi connectivity index (χ1n) is 21.3. The molecule has 13 nitrogen and oxygen atoms in total. The van der Waals surface area contributed by atoms with Crippen molar-refractivity contribution >= 4 is 28.3 Å². The lowest BCUT2D eigenvalue weighted by molar-refractivity contribution is -0.384. The minimum atomic E-state index is -1.52. The molecule has 4 aromatic carbocycles. The van der Waals surface area contributed by atoms with Gasteiger partial charge in [-0.25, -0.2) is 4.79 Å². The van der Waals surface area contributed by atoms with Crippen LogP contribution in [0.5, 0.6) is 11.5 Å². The highest BCUT2D eigenvalue weighted by molar-refractivity contribution is 6.03. The molecule has 1 amide bonds. The monoisotopic (exact) mass is 833 g/mol. The molecule has 1 aliphatic heterocycles. The summed E-state index contributed by atoms with van der Waals surface area (Å²) in [6, 6.07) is 24.4. The molecule has 0 saturated heterocycles. The van der Waals surface area contributed by atoms with Gasteiger partial charge in [-0.3, -0.25) is 15.0 Å². The number of amides is 1. The fraction of sp³-hybridized carbons (Fsp3) is 0.417. The summed E-state index contributed by atoms with van der Waals surface area (Å²) in [4.78, 5) is 33.3. The fourth-order valence-corrected chi connectivity index (χ4v) is 9.68. The van der Waals surface area contributed by atoms with Gasteiger partial charge in [0, 0.05) is 43.2 Å². The van der Waals surface area contributed by atoms with Crippen molar-refractivity contribution in [2.24, 2.45) is 22.9 Å². The SMILES string of the molecule is C=CCOC12Oc3ccc(O)cc3C3C(CCCCO)C(CCCCO)C=C(C(=NOCc4ccc([N+](=O)[O-])cc4)CC1N(Cc1cccc4ccccc14)C(=O)OCC)C32. The molecule has 0 bridgehead atoms. The number of phenols is 1. The number of benzene rings is 4. The predicted molar refractivity (Wildman–Crippen MR) is 231 cm³/mol. The second-order valence-electron chi connectivity index (χ2n) is 16.0. The number of aliphatic hydroxyl groups excluding tert-OH is 2. The number of rotatable bonds is 19. The van der Waals surface area contributed by atoms with Crippen LogP contribution in [0.15, 0.2) is 114 Å². The molecule has 2 aliphatic carbocycles. The van der Waals surface area contributed by atoms with Gasteiger partial charge in [-0.05, 0) is 102 Å². The van der Waals surface area contributed by atoms with E-state index in [9.17, 15) is 30.2 Å². The fourth-order valence-electron chi connectivity index (χ4n) is 9.68. The number of fused-ring (bicyclic) bond motifs is 3. The van der Waals surface area contributed by atoms with E-state index in [2.05, 4.69) is 12.7 Å². The molecular formula is C48H55N3O10. The molecule has 1 fully saturated rings. The zero-order valence-electron chi connectivity index (χ0n) is 34.6. The summed E-state index contributed by atoms with van der Waals surface area (Å²) < 4.78 is 20.1. The topological polar surface area (TPSA) is 173 Å². The summed E-state index contributed by atoms with van der Waals surface area (Å²) in [6.45, 7) is 6.28. The van der Waals surface area contributed by atoms with Gasteiger partial charge in [-0.1, -0.05) is 72.6 Å². The van der Waals surface area contributed by atoms with Gasteiger partial charge in [0.15, 0.2) is 0 Å². The normalized spacial score (nSPS) is 23.3. The number of nitrogens with zero attached hydrogens (tertiary/aromatic N) is 3. The second kappa shape index (κ2) is 19.7. The number of allylic oxidation sites excluding steroid dienone is 1. The number of oxime groups is 1. The van der Waals surface area contributed by atoms with Crippen molar-refractivity contribution in [1.29, 1.82) is 0 Å². The largest absolute Gasteiger partial charge is 0.508 e. The molecule has 322 valence electrons. The van der Waals surface area contributed by atoms with Gasteiger partial charge in [0.2, 0.25) is 5.79 Å². The van der Waals surface area contributed by atoms with Crippen molar-refractivity contribution in [3.8, 4) is 11.5 Å². The van der Waals surface area contributed by atoms with Crippen LogP contribution in [0.25, 0.3) is 10.8 Å². The Labute approximate surface area is 356 Å². The van der Waals surface area contributed by atoms with E-state index >= 15 is 0 Å². The third-order valence-corrected chi connectivity index (χ3v) is 12.3. The zero-order chi connectivity index (χ0) is 42.9. The van der Waals surface area contributed by atoms with E-state index in [1.54, 1.807) is 48.2 Å². The van der Waals surface area contributed by atoms with Crippen LogP contribution < -0.4 is 4.74 Å². The van der Waals surface area contributed by atoms with Gasteiger partial charge in [0.1, 0.15) is 24.1 Å². The predicted octanol–water partition coefficient (Wildman–Crippen LogP) is 8.95. The lowest BCUT2D eigenvalue weighted by atomic mass is 9.55. The lowest BCUT2D eigenvalue weighted by Crippen LogP contribution is -2.70. The Morgan fingerprint density at radius 1 is 1.02 bits per heavy atom. The standard InChI is InChI=1S/C48H55N3O10/c1-3-26-59-48-44(50(47(55)58-4-2)30-35-15-11-14-33-12-5-6-16-38(33)35)29-42(49-60-31-32-18-20-36(21-19-32)51(56)57)40-27-34(13-7-9-24-52)39(17-8-10-25-53)45(46(40)48)41-28-37(54)22-23-43(41)61-48/h3,5-6,11-12,14-16,18-23,27-28,34,39,44-46,52-54H,1,4,7-10,13,17,24-26,29-31H2,2H3. The van der Waals surface area contributed by atoms with Crippen molar-refractivity contribution < 1.29 is 44.1 Å². The smallest absolute Gasteiger partial charge is 0.410 e. The van der Waals surface area contributed by atoms with Crippen molar-refractivity contribution in [3.63, 3.8) is 0 Å². The summed E-state index contributed by atoms with van der Waals surface area (Å²) in [5.41, 5.74) is 3.77. The molecule has 0 spiro atoms. The van der Waals surface area contributed by atoms with Gasteiger partial charge in [0.05, 0.1) is 36.3 Å². The highest BCUT2D eigenvalue weighted by atomic mass is 16.7. The van der Waals surface area contributed by atoms with Crippen LogP contribution in [0, 0.1) is 27.9 Å². The highest BCUT2D eigenvalue weighted by Crippen LogP contribution is 2.62. The van der Waals surface area contributed by atoms with Gasteiger partial charge in [-0.2, -0.15) is 0 Å². The molecule has 6 atom stereocenters. The Kier molecular flexibility index (Phi) is 14.0. The first-order chi connectivity index (χ1) is 29.7. The van der Waals surface area contributed by atoms with Crippen LogP contribution in [-0.2, 0) is 27.5 Å². The van der Waals surface area contributed by atoms with Gasteiger partial charge >= 0.3 is 6.09 Å². The Morgan fingerprint density at radius 2 is 1.77 bits per heavy atom. The quantitative estimate of drug-likeness (QED) is 0.0358. The van der Waals surface area contributed by atoms with Crippen LogP contribution in [0.4, 0.5) is 10.5 Å². The number of phenolic OH excluding ortho intramolecular Hbond substituents is 1. The maximum atomic E-state index is 14.6. The molecule has 3 N–H and O–H groups in total. The third kappa shape index (κ3) is 9.14. The highest BCUT2D eigenvalue weighted by Gasteiger charge is 2.65. The average Bonchev–Trinajstić information content (AvgIpc) is 3.26. The van der Waals surface area contributed by atoms with Crippen molar-refractivity contribution in [2.45, 2.75) is 82.8 Å². The van der Waals surface area contributed by atoms with Crippen LogP contribution in [-0.4, -0.2) is 75.2 Å². The molecule has 4 aromatic rings. The van der Waals surface area contributed by atoms with Gasteiger partial charge in [-0.15, -0.1) is 6.58 Å². The van der Waals surface area contributed by atoms with E-state index in [-0.39, 0.29) is 75.2 Å². The van der Waals surface area contributed by atoms with Crippen LogP contribution >= 0.6 is 0 Å². The minimum Gasteiger partial charge on any atom is -0.508 e. The number of aliphatic hydroxyl groups is 2. The lowest BCUT2D eigenvalue weighted by Gasteiger charge is -2.59. The molecule has 1 saturated carbocycles.